The average molecular weight is 306 g/mol. The average Bonchev–Trinajstić information content (AvgIpc) is 2.35. The summed E-state index contributed by atoms with van der Waals surface area (Å²) in [5.74, 6) is -0.0225. The SMILES string of the molecule is Cc1c(N)cc(S(=O)(=O)N2CCS(=O)CC2)cc1F. The molecule has 0 unspecified atom stereocenters. The monoisotopic (exact) mass is 306 g/mol. The Hall–Kier alpha value is -0.990. The molecule has 1 aliphatic rings. The maximum Gasteiger partial charge on any atom is 0.243 e. The fourth-order valence-corrected chi connectivity index (χ4v) is 4.61. The molecule has 0 aromatic heterocycles. The molecular formula is C11H15FN2O3S2. The second-order valence-corrected chi connectivity index (χ2v) is 8.01. The molecule has 1 saturated heterocycles. The van der Waals surface area contributed by atoms with Gasteiger partial charge in [-0.2, -0.15) is 4.31 Å². The molecule has 1 heterocycles. The van der Waals surface area contributed by atoms with Gasteiger partial charge in [-0.3, -0.25) is 4.21 Å². The zero-order valence-electron chi connectivity index (χ0n) is 10.4. The molecule has 2 rings (SSSR count). The highest BCUT2D eigenvalue weighted by atomic mass is 32.2. The van der Waals surface area contributed by atoms with Gasteiger partial charge in [0.1, 0.15) is 5.82 Å². The molecule has 1 aromatic rings. The van der Waals surface area contributed by atoms with Gasteiger partial charge < -0.3 is 5.73 Å². The van der Waals surface area contributed by atoms with Crippen molar-refractivity contribution in [3.63, 3.8) is 0 Å². The minimum atomic E-state index is -3.77. The normalized spacial score (nSPS) is 18.6. The van der Waals surface area contributed by atoms with Crippen LogP contribution in [0.2, 0.25) is 0 Å². The maximum absolute atomic E-state index is 13.6. The van der Waals surface area contributed by atoms with Gasteiger partial charge in [-0.1, -0.05) is 0 Å². The van der Waals surface area contributed by atoms with Gasteiger partial charge in [0.15, 0.2) is 0 Å². The molecule has 0 atom stereocenters. The number of nitrogens with two attached hydrogens (primary N) is 1. The second kappa shape index (κ2) is 5.18. The molecule has 1 fully saturated rings. The topological polar surface area (TPSA) is 80.5 Å². The van der Waals surface area contributed by atoms with Crippen LogP contribution in [0.1, 0.15) is 5.56 Å². The third kappa shape index (κ3) is 2.80. The first-order chi connectivity index (χ1) is 8.82. The van der Waals surface area contributed by atoms with E-state index in [4.69, 9.17) is 5.73 Å². The number of rotatable bonds is 2. The van der Waals surface area contributed by atoms with E-state index in [1.165, 1.54) is 17.3 Å². The first kappa shape index (κ1) is 14.4. The number of anilines is 1. The summed E-state index contributed by atoms with van der Waals surface area (Å²) in [5, 5.41) is 0. The van der Waals surface area contributed by atoms with Crippen LogP contribution in [0.3, 0.4) is 0 Å². The van der Waals surface area contributed by atoms with E-state index in [0.717, 1.165) is 6.07 Å². The van der Waals surface area contributed by atoms with Crippen molar-refractivity contribution >= 4 is 26.5 Å². The predicted octanol–water partition coefficient (Wildman–Crippen LogP) is 0.469. The van der Waals surface area contributed by atoms with Crippen LogP contribution in [0.15, 0.2) is 17.0 Å². The second-order valence-electron chi connectivity index (χ2n) is 4.37. The van der Waals surface area contributed by atoms with Crippen LogP contribution < -0.4 is 5.73 Å². The fraction of sp³-hybridized carbons (Fsp3) is 0.455. The van der Waals surface area contributed by atoms with Crippen LogP contribution in [-0.4, -0.2) is 41.5 Å². The first-order valence-corrected chi connectivity index (χ1v) is 8.66. The molecule has 19 heavy (non-hydrogen) atoms. The summed E-state index contributed by atoms with van der Waals surface area (Å²) >= 11 is 0. The van der Waals surface area contributed by atoms with Crippen molar-refractivity contribution in [3.8, 4) is 0 Å². The summed E-state index contributed by atoms with van der Waals surface area (Å²) in [4.78, 5) is -0.152. The zero-order valence-corrected chi connectivity index (χ0v) is 12.1. The molecule has 0 bridgehead atoms. The number of sulfonamides is 1. The summed E-state index contributed by atoms with van der Waals surface area (Å²) in [6.45, 7) is 1.86. The Morgan fingerprint density at radius 1 is 1.32 bits per heavy atom. The van der Waals surface area contributed by atoms with Gasteiger partial charge in [0.05, 0.1) is 4.90 Å². The van der Waals surface area contributed by atoms with Crippen LogP contribution in [0.5, 0.6) is 0 Å². The molecular weight excluding hydrogens is 291 g/mol. The molecule has 0 amide bonds. The molecule has 1 aliphatic heterocycles. The van der Waals surface area contributed by atoms with Crippen molar-refractivity contribution in [3.05, 3.63) is 23.5 Å². The van der Waals surface area contributed by atoms with Gasteiger partial charge in [0.25, 0.3) is 0 Å². The molecule has 2 N–H and O–H groups in total. The van der Waals surface area contributed by atoms with Crippen LogP contribution in [0, 0.1) is 12.7 Å². The Kier molecular flexibility index (Phi) is 3.93. The van der Waals surface area contributed by atoms with Crippen LogP contribution in [0.25, 0.3) is 0 Å². The number of halogens is 1. The van der Waals surface area contributed by atoms with Crippen LogP contribution >= 0.6 is 0 Å². The highest BCUT2D eigenvalue weighted by Gasteiger charge is 2.29. The van der Waals surface area contributed by atoms with Crippen molar-refractivity contribution in [1.82, 2.24) is 4.31 Å². The quantitative estimate of drug-likeness (QED) is 0.805. The Morgan fingerprint density at radius 2 is 1.89 bits per heavy atom. The Morgan fingerprint density at radius 3 is 2.42 bits per heavy atom. The van der Waals surface area contributed by atoms with E-state index in [1.54, 1.807) is 0 Å². The summed E-state index contributed by atoms with van der Waals surface area (Å²) in [5.41, 5.74) is 5.94. The van der Waals surface area contributed by atoms with Crippen molar-refractivity contribution in [2.24, 2.45) is 0 Å². The molecule has 1 aromatic carbocycles. The molecule has 0 spiro atoms. The Balaban J connectivity index is 2.37. The molecule has 106 valence electrons. The van der Waals surface area contributed by atoms with Gasteiger partial charge in [-0.05, 0) is 19.1 Å². The van der Waals surface area contributed by atoms with Gasteiger partial charge in [-0.15, -0.1) is 0 Å². The Labute approximate surface area is 114 Å². The van der Waals surface area contributed by atoms with Crippen LogP contribution in [0.4, 0.5) is 10.1 Å². The third-order valence-corrected chi connectivity index (χ3v) is 6.28. The van der Waals surface area contributed by atoms with Gasteiger partial charge in [0, 0.05) is 46.6 Å². The smallest absolute Gasteiger partial charge is 0.243 e. The summed E-state index contributed by atoms with van der Waals surface area (Å²) < 4.78 is 50.7. The molecule has 0 saturated carbocycles. The lowest BCUT2D eigenvalue weighted by atomic mass is 10.2. The summed E-state index contributed by atoms with van der Waals surface area (Å²) in [7, 11) is -4.74. The maximum atomic E-state index is 13.6. The summed E-state index contributed by atoms with van der Waals surface area (Å²) in [6, 6.07) is 2.24. The predicted molar refractivity (Wildman–Crippen MR) is 72.2 cm³/mol. The minimum Gasteiger partial charge on any atom is -0.398 e. The summed E-state index contributed by atoms with van der Waals surface area (Å²) in [6.07, 6.45) is 0. The highest BCUT2D eigenvalue weighted by Crippen LogP contribution is 2.24. The van der Waals surface area contributed by atoms with Crippen LogP contribution in [-0.2, 0) is 20.8 Å². The molecule has 0 aliphatic carbocycles. The lowest BCUT2D eigenvalue weighted by Gasteiger charge is -2.25. The van der Waals surface area contributed by atoms with E-state index in [9.17, 15) is 17.0 Å². The van der Waals surface area contributed by atoms with E-state index < -0.39 is 26.6 Å². The number of nitrogen functional groups attached to an aromatic ring is 1. The molecule has 5 nitrogen and oxygen atoms in total. The largest absolute Gasteiger partial charge is 0.398 e. The van der Waals surface area contributed by atoms with E-state index in [1.807, 2.05) is 0 Å². The number of hydrogen-bond acceptors (Lipinski definition) is 4. The van der Waals surface area contributed by atoms with Gasteiger partial charge in [-0.25, -0.2) is 12.8 Å². The lowest BCUT2D eigenvalue weighted by Crippen LogP contribution is -2.41. The zero-order chi connectivity index (χ0) is 14.2. The van der Waals surface area contributed by atoms with Crippen molar-refractivity contribution < 1.29 is 17.0 Å². The van der Waals surface area contributed by atoms with E-state index in [0.29, 0.717) is 11.5 Å². The van der Waals surface area contributed by atoms with E-state index in [2.05, 4.69) is 0 Å². The fourth-order valence-electron chi connectivity index (χ4n) is 1.83. The standard InChI is InChI=1S/C11H15FN2O3S2/c1-8-10(12)6-9(7-11(8)13)19(16,17)14-2-4-18(15)5-3-14/h6-7H,2-5,13H2,1H3. The first-order valence-electron chi connectivity index (χ1n) is 5.73. The number of nitrogens with zero attached hydrogens (tertiary/aromatic N) is 1. The minimum absolute atomic E-state index is 0.110. The Bertz CT molecular complexity index is 598. The molecule has 0 radical (unpaired) electrons. The number of benzene rings is 1. The van der Waals surface area contributed by atoms with Gasteiger partial charge >= 0.3 is 0 Å². The van der Waals surface area contributed by atoms with E-state index >= 15 is 0 Å². The van der Waals surface area contributed by atoms with Crippen molar-refractivity contribution in [1.29, 1.82) is 0 Å². The van der Waals surface area contributed by atoms with E-state index in [-0.39, 0.29) is 29.2 Å². The highest BCUT2D eigenvalue weighted by molar-refractivity contribution is 7.89. The van der Waals surface area contributed by atoms with Gasteiger partial charge in [0.2, 0.25) is 10.0 Å². The molecule has 8 heteroatoms. The third-order valence-electron chi connectivity index (χ3n) is 3.13. The lowest BCUT2D eigenvalue weighted by molar-refractivity contribution is 0.438. The van der Waals surface area contributed by atoms with Crippen molar-refractivity contribution in [2.45, 2.75) is 11.8 Å². The van der Waals surface area contributed by atoms with Crippen molar-refractivity contribution in [2.75, 3.05) is 30.3 Å². The number of hydrogen-bond donors (Lipinski definition) is 1.